The predicted octanol–water partition coefficient (Wildman–Crippen LogP) is 2.80. The molecule has 6 nitrogen and oxygen atoms in total. The van der Waals surface area contributed by atoms with Crippen LogP contribution < -0.4 is 10.6 Å². The van der Waals surface area contributed by atoms with Crippen molar-refractivity contribution in [3.63, 3.8) is 0 Å². The van der Waals surface area contributed by atoms with Gasteiger partial charge in [0, 0.05) is 25.0 Å². The molecular formula is C21H31N3O3S. The molecule has 1 aliphatic heterocycles. The van der Waals surface area contributed by atoms with Crippen LogP contribution in [0.4, 0.5) is 0 Å². The molecular weight excluding hydrogens is 374 g/mol. The van der Waals surface area contributed by atoms with E-state index in [-0.39, 0.29) is 35.6 Å². The highest BCUT2D eigenvalue weighted by molar-refractivity contribution is 7.12. The van der Waals surface area contributed by atoms with Crippen LogP contribution in [0.25, 0.3) is 0 Å². The number of carbonyl (C=O) groups excluding carboxylic acids is 3. The topological polar surface area (TPSA) is 78.5 Å². The Morgan fingerprint density at radius 1 is 1.07 bits per heavy atom. The van der Waals surface area contributed by atoms with E-state index in [1.165, 1.54) is 11.3 Å². The fourth-order valence-corrected chi connectivity index (χ4v) is 4.90. The van der Waals surface area contributed by atoms with Gasteiger partial charge in [0.05, 0.1) is 4.88 Å². The molecule has 1 aromatic rings. The third-order valence-corrected chi connectivity index (χ3v) is 6.64. The summed E-state index contributed by atoms with van der Waals surface area (Å²) >= 11 is 1.37. The summed E-state index contributed by atoms with van der Waals surface area (Å²) in [4.78, 5) is 40.6. The van der Waals surface area contributed by atoms with E-state index in [0.29, 0.717) is 18.0 Å². The molecule has 1 aromatic heterocycles. The molecule has 2 heterocycles. The average Bonchev–Trinajstić information content (AvgIpc) is 3.39. The highest BCUT2D eigenvalue weighted by atomic mass is 32.1. The van der Waals surface area contributed by atoms with Gasteiger partial charge in [0.1, 0.15) is 6.04 Å². The van der Waals surface area contributed by atoms with Crippen molar-refractivity contribution in [3.8, 4) is 0 Å². The molecule has 0 radical (unpaired) electrons. The zero-order chi connectivity index (χ0) is 20.1. The lowest BCUT2D eigenvalue weighted by molar-refractivity contribution is -0.137. The molecule has 3 amide bonds. The average molecular weight is 406 g/mol. The van der Waals surface area contributed by atoms with Crippen molar-refractivity contribution in [1.82, 2.24) is 15.5 Å². The number of nitrogens with one attached hydrogen (secondary N) is 2. The zero-order valence-corrected chi connectivity index (χ0v) is 17.6. The second-order valence-corrected chi connectivity index (χ2v) is 9.18. The Hall–Kier alpha value is -1.89. The Bertz CT molecular complexity index is 675. The van der Waals surface area contributed by atoms with Crippen molar-refractivity contribution in [2.75, 3.05) is 13.1 Å². The van der Waals surface area contributed by atoms with Gasteiger partial charge in [-0.15, -0.1) is 11.3 Å². The zero-order valence-electron chi connectivity index (χ0n) is 16.8. The first kappa shape index (κ1) is 20.8. The highest BCUT2D eigenvalue weighted by Gasteiger charge is 2.36. The van der Waals surface area contributed by atoms with Crippen LogP contribution in [-0.4, -0.2) is 47.8 Å². The Morgan fingerprint density at radius 3 is 2.32 bits per heavy atom. The van der Waals surface area contributed by atoms with E-state index in [4.69, 9.17) is 0 Å². The normalized spacial score (nSPS) is 19.6. The van der Waals surface area contributed by atoms with Gasteiger partial charge >= 0.3 is 0 Å². The lowest BCUT2D eigenvalue weighted by Gasteiger charge is -2.37. The molecule has 1 saturated heterocycles. The van der Waals surface area contributed by atoms with E-state index in [2.05, 4.69) is 10.6 Å². The fraction of sp³-hybridized carbons (Fsp3) is 0.667. The number of likely N-dealkylation sites (tertiary alicyclic amines) is 1. The number of amides is 3. The van der Waals surface area contributed by atoms with E-state index in [1.807, 2.05) is 30.2 Å². The smallest absolute Gasteiger partial charge is 0.262 e. The molecule has 2 N–H and O–H groups in total. The van der Waals surface area contributed by atoms with E-state index in [1.54, 1.807) is 6.07 Å². The number of thiophene rings is 1. The summed E-state index contributed by atoms with van der Waals surface area (Å²) in [6, 6.07) is 3.04. The van der Waals surface area contributed by atoms with Gasteiger partial charge in [-0.1, -0.05) is 18.9 Å². The van der Waals surface area contributed by atoms with Crippen molar-refractivity contribution in [3.05, 3.63) is 22.4 Å². The maximum Gasteiger partial charge on any atom is 0.262 e. The van der Waals surface area contributed by atoms with Gasteiger partial charge in [-0.3, -0.25) is 14.4 Å². The van der Waals surface area contributed by atoms with Gasteiger partial charge in [-0.2, -0.15) is 0 Å². The third kappa shape index (κ3) is 5.13. The lowest BCUT2D eigenvalue weighted by atomic mass is 9.88. The quantitative estimate of drug-likeness (QED) is 0.764. The minimum atomic E-state index is -0.569. The van der Waals surface area contributed by atoms with E-state index < -0.39 is 6.04 Å². The van der Waals surface area contributed by atoms with Gasteiger partial charge in [0.25, 0.3) is 5.91 Å². The lowest BCUT2D eigenvalue weighted by Crippen LogP contribution is -2.55. The van der Waals surface area contributed by atoms with Crippen molar-refractivity contribution in [1.29, 1.82) is 0 Å². The number of hydrogen-bond acceptors (Lipinski definition) is 4. The second-order valence-electron chi connectivity index (χ2n) is 8.24. The molecule has 28 heavy (non-hydrogen) atoms. The van der Waals surface area contributed by atoms with Crippen LogP contribution in [0.15, 0.2) is 17.5 Å². The van der Waals surface area contributed by atoms with Crippen molar-refractivity contribution in [2.24, 2.45) is 11.8 Å². The minimum absolute atomic E-state index is 0.0117. The minimum Gasteiger partial charge on any atom is -0.352 e. The fourth-order valence-electron chi connectivity index (χ4n) is 4.28. The molecule has 2 fully saturated rings. The first-order valence-corrected chi connectivity index (χ1v) is 11.3. The second kappa shape index (κ2) is 9.54. The standard InChI is InChI=1S/C21H31N3O3S/c1-14(2)22-20(26)18(23-19(25)17-8-5-13-28-17)15-9-11-24(12-10-15)21(27)16-6-3-4-7-16/h5,8,13-16,18H,3-4,6-7,9-12H2,1-2H3,(H,22,26)(H,23,25). The summed E-state index contributed by atoms with van der Waals surface area (Å²) in [5, 5.41) is 7.74. The van der Waals surface area contributed by atoms with Gasteiger partial charge in [-0.25, -0.2) is 0 Å². The Kier molecular flexibility index (Phi) is 7.10. The molecule has 0 bridgehead atoms. The van der Waals surface area contributed by atoms with Crippen LogP contribution >= 0.6 is 11.3 Å². The predicted molar refractivity (Wildman–Crippen MR) is 110 cm³/mol. The Labute approximate surface area is 171 Å². The third-order valence-electron chi connectivity index (χ3n) is 5.77. The molecule has 1 unspecified atom stereocenters. The molecule has 0 aromatic carbocycles. The molecule has 154 valence electrons. The van der Waals surface area contributed by atoms with Crippen LogP contribution in [0.5, 0.6) is 0 Å². The Morgan fingerprint density at radius 2 is 1.75 bits per heavy atom. The van der Waals surface area contributed by atoms with Crippen LogP contribution in [-0.2, 0) is 9.59 Å². The molecule has 1 aliphatic carbocycles. The first-order valence-electron chi connectivity index (χ1n) is 10.4. The van der Waals surface area contributed by atoms with Crippen LogP contribution in [0.1, 0.15) is 62.0 Å². The summed E-state index contributed by atoms with van der Waals surface area (Å²) in [7, 11) is 0. The maximum absolute atomic E-state index is 12.8. The highest BCUT2D eigenvalue weighted by Crippen LogP contribution is 2.29. The van der Waals surface area contributed by atoms with Crippen LogP contribution in [0, 0.1) is 11.8 Å². The summed E-state index contributed by atoms with van der Waals surface area (Å²) in [6.07, 6.45) is 5.79. The van der Waals surface area contributed by atoms with E-state index in [0.717, 1.165) is 38.5 Å². The van der Waals surface area contributed by atoms with Crippen molar-refractivity contribution >= 4 is 29.1 Å². The van der Waals surface area contributed by atoms with Crippen molar-refractivity contribution in [2.45, 2.75) is 64.5 Å². The van der Waals surface area contributed by atoms with Gasteiger partial charge in [0.15, 0.2) is 0 Å². The van der Waals surface area contributed by atoms with Crippen LogP contribution in [0.2, 0.25) is 0 Å². The number of rotatable bonds is 6. The number of nitrogens with zero attached hydrogens (tertiary/aromatic N) is 1. The van der Waals surface area contributed by atoms with Gasteiger partial charge < -0.3 is 15.5 Å². The summed E-state index contributed by atoms with van der Waals surface area (Å²) < 4.78 is 0. The van der Waals surface area contributed by atoms with Gasteiger partial charge in [-0.05, 0) is 56.9 Å². The SMILES string of the molecule is CC(C)NC(=O)C(NC(=O)c1cccs1)C1CCN(C(=O)C2CCCC2)CC1. The Balaban J connectivity index is 1.62. The largest absolute Gasteiger partial charge is 0.352 e. The summed E-state index contributed by atoms with van der Waals surface area (Å²) in [5.74, 6) is 0.163. The van der Waals surface area contributed by atoms with Crippen molar-refractivity contribution < 1.29 is 14.4 Å². The molecule has 1 atom stereocenters. The summed E-state index contributed by atoms with van der Waals surface area (Å²) in [6.45, 7) is 5.17. The number of carbonyl (C=O) groups is 3. The molecule has 7 heteroatoms. The van der Waals surface area contributed by atoms with Crippen LogP contribution in [0.3, 0.4) is 0 Å². The number of piperidine rings is 1. The monoisotopic (exact) mass is 405 g/mol. The number of hydrogen-bond donors (Lipinski definition) is 2. The van der Waals surface area contributed by atoms with E-state index in [9.17, 15) is 14.4 Å². The molecule has 3 rings (SSSR count). The van der Waals surface area contributed by atoms with E-state index >= 15 is 0 Å². The summed E-state index contributed by atoms with van der Waals surface area (Å²) in [5.41, 5.74) is 0. The molecule has 1 saturated carbocycles. The first-order chi connectivity index (χ1) is 13.5. The maximum atomic E-state index is 12.8. The molecule has 0 spiro atoms. The molecule has 2 aliphatic rings. The van der Waals surface area contributed by atoms with Gasteiger partial charge in [0.2, 0.25) is 11.8 Å².